The number of hydrogen-bond donors (Lipinski definition) is 3. The van der Waals surface area contributed by atoms with Gasteiger partial charge in [0.25, 0.3) is 6.01 Å². The molecule has 2 heterocycles. The van der Waals surface area contributed by atoms with Gasteiger partial charge in [-0.1, -0.05) is 24.3 Å². The third-order valence-corrected chi connectivity index (χ3v) is 5.11. The molecule has 3 amide bonds. The molecule has 0 unspecified atom stereocenters. The van der Waals surface area contributed by atoms with Crippen molar-refractivity contribution in [2.45, 2.75) is 19.4 Å². The van der Waals surface area contributed by atoms with Crippen molar-refractivity contribution in [1.82, 2.24) is 10.3 Å². The first-order valence-corrected chi connectivity index (χ1v) is 9.62. The molecular weight excluding hydrogens is 370 g/mol. The summed E-state index contributed by atoms with van der Waals surface area (Å²) < 4.78 is 5.82. The molecule has 0 saturated carbocycles. The first-order chi connectivity index (χ1) is 14.1. The molecule has 4 rings (SSSR count). The van der Waals surface area contributed by atoms with E-state index in [0.29, 0.717) is 18.2 Å². The van der Waals surface area contributed by atoms with E-state index in [1.165, 1.54) is 0 Å². The van der Waals surface area contributed by atoms with Crippen LogP contribution in [0.3, 0.4) is 0 Å². The number of benzene rings is 2. The number of carbonyl (C=O) groups is 2. The second kappa shape index (κ2) is 8.22. The van der Waals surface area contributed by atoms with Gasteiger partial charge in [-0.05, 0) is 42.7 Å². The molecule has 150 valence electrons. The summed E-state index contributed by atoms with van der Waals surface area (Å²) in [4.78, 5) is 30.0. The summed E-state index contributed by atoms with van der Waals surface area (Å²) >= 11 is 0. The molecule has 29 heavy (non-hydrogen) atoms. The van der Waals surface area contributed by atoms with Gasteiger partial charge in [0, 0.05) is 31.2 Å². The molecule has 2 aromatic carbocycles. The summed E-state index contributed by atoms with van der Waals surface area (Å²) in [5, 5.41) is 5.51. The second-order valence-corrected chi connectivity index (χ2v) is 7.13. The van der Waals surface area contributed by atoms with Gasteiger partial charge < -0.3 is 25.7 Å². The zero-order chi connectivity index (χ0) is 20.2. The second-order valence-electron chi connectivity index (χ2n) is 7.13. The Morgan fingerprint density at radius 1 is 1.10 bits per heavy atom. The highest BCUT2D eigenvalue weighted by Crippen LogP contribution is 2.26. The lowest BCUT2D eigenvalue weighted by atomic mass is 9.96. The number of fused-ring (bicyclic) bond motifs is 1. The SMILES string of the molecule is NC(=O)Nc1ccc(CNC(=O)C2CCN(c3nc4ccccc4o3)CC2)cc1. The van der Waals surface area contributed by atoms with Gasteiger partial charge in [-0.3, -0.25) is 4.79 Å². The number of nitrogens with one attached hydrogen (secondary N) is 2. The van der Waals surface area contributed by atoms with Crippen molar-refractivity contribution in [1.29, 1.82) is 0 Å². The van der Waals surface area contributed by atoms with Gasteiger partial charge in [0.05, 0.1) is 0 Å². The first kappa shape index (κ1) is 18.8. The Morgan fingerprint density at radius 2 is 1.83 bits per heavy atom. The Bertz CT molecular complexity index is 974. The molecule has 0 atom stereocenters. The van der Waals surface area contributed by atoms with Crippen LogP contribution < -0.4 is 21.3 Å². The minimum absolute atomic E-state index is 0.0218. The standard InChI is InChI=1S/C21H23N5O3/c22-20(28)24-16-7-5-14(6-8-16)13-23-19(27)15-9-11-26(12-10-15)21-25-17-3-1-2-4-18(17)29-21/h1-8,15H,9-13H2,(H,23,27)(H3,22,24,28). The number of anilines is 2. The van der Waals surface area contributed by atoms with E-state index in [-0.39, 0.29) is 11.8 Å². The predicted octanol–water partition coefficient (Wildman–Crippen LogP) is 2.85. The van der Waals surface area contributed by atoms with E-state index in [0.717, 1.165) is 42.6 Å². The Hall–Kier alpha value is -3.55. The van der Waals surface area contributed by atoms with Crippen molar-refractivity contribution in [2.24, 2.45) is 11.7 Å². The Balaban J connectivity index is 1.27. The van der Waals surface area contributed by atoms with Crippen LogP contribution in [0.4, 0.5) is 16.5 Å². The van der Waals surface area contributed by atoms with E-state index in [9.17, 15) is 9.59 Å². The van der Waals surface area contributed by atoms with Gasteiger partial charge >= 0.3 is 6.03 Å². The molecule has 1 aliphatic rings. The molecule has 0 spiro atoms. The van der Waals surface area contributed by atoms with E-state index in [2.05, 4.69) is 20.5 Å². The van der Waals surface area contributed by atoms with Gasteiger partial charge in [-0.15, -0.1) is 0 Å². The summed E-state index contributed by atoms with van der Waals surface area (Å²) in [5.74, 6) is 0.0352. The smallest absolute Gasteiger partial charge is 0.316 e. The van der Waals surface area contributed by atoms with E-state index in [1.807, 2.05) is 36.4 Å². The molecule has 1 aliphatic heterocycles. The van der Waals surface area contributed by atoms with E-state index in [4.69, 9.17) is 10.2 Å². The summed E-state index contributed by atoms with van der Waals surface area (Å²) in [5.41, 5.74) is 8.29. The Labute approximate surface area is 168 Å². The average molecular weight is 393 g/mol. The Morgan fingerprint density at radius 3 is 2.52 bits per heavy atom. The van der Waals surface area contributed by atoms with Crippen LogP contribution in [-0.4, -0.2) is 30.0 Å². The van der Waals surface area contributed by atoms with Gasteiger partial charge in [0.15, 0.2) is 5.58 Å². The molecule has 1 fully saturated rings. The quantitative estimate of drug-likeness (QED) is 0.617. The fourth-order valence-corrected chi connectivity index (χ4v) is 3.51. The topological polar surface area (TPSA) is 113 Å². The molecule has 8 nitrogen and oxygen atoms in total. The van der Waals surface area contributed by atoms with Crippen LogP contribution >= 0.6 is 0 Å². The van der Waals surface area contributed by atoms with Gasteiger partial charge in [0.1, 0.15) is 5.52 Å². The highest BCUT2D eigenvalue weighted by Gasteiger charge is 2.27. The fourth-order valence-electron chi connectivity index (χ4n) is 3.51. The number of rotatable bonds is 5. The normalized spacial score (nSPS) is 14.7. The summed E-state index contributed by atoms with van der Waals surface area (Å²) in [7, 11) is 0. The molecule has 3 aromatic rings. The molecule has 8 heteroatoms. The molecular formula is C21H23N5O3. The van der Waals surface area contributed by atoms with Crippen LogP contribution in [0, 0.1) is 5.92 Å². The third-order valence-electron chi connectivity index (χ3n) is 5.11. The number of piperidine rings is 1. The minimum atomic E-state index is -0.602. The number of urea groups is 1. The molecule has 0 aliphatic carbocycles. The lowest BCUT2D eigenvalue weighted by molar-refractivity contribution is -0.125. The van der Waals surface area contributed by atoms with Gasteiger partial charge in [-0.25, -0.2) is 4.79 Å². The number of oxazole rings is 1. The van der Waals surface area contributed by atoms with Crippen LogP contribution in [0.1, 0.15) is 18.4 Å². The number of aromatic nitrogens is 1. The maximum Gasteiger partial charge on any atom is 0.316 e. The zero-order valence-corrected chi connectivity index (χ0v) is 15.9. The minimum Gasteiger partial charge on any atom is -0.423 e. The van der Waals surface area contributed by atoms with Crippen molar-refractivity contribution in [3.8, 4) is 0 Å². The number of para-hydroxylation sites is 2. The molecule has 0 bridgehead atoms. The van der Waals surface area contributed by atoms with E-state index in [1.54, 1.807) is 12.1 Å². The van der Waals surface area contributed by atoms with Crippen molar-refractivity contribution in [3.63, 3.8) is 0 Å². The number of hydrogen-bond acceptors (Lipinski definition) is 5. The van der Waals surface area contributed by atoms with Crippen LogP contribution in [-0.2, 0) is 11.3 Å². The summed E-state index contributed by atoms with van der Waals surface area (Å²) in [6.07, 6.45) is 1.51. The fraction of sp³-hybridized carbons (Fsp3) is 0.286. The molecule has 0 radical (unpaired) electrons. The number of nitrogens with zero attached hydrogens (tertiary/aromatic N) is 2. The van der Waals surface area contributed by atoms with Crippen LogP contribution in [0.25, 0.3) is 11.1 Å². The third kappa shape index (κ3) is 4.48. The van der Waals surface area contributed by atoms with Crippen LogP contribution in [0.5, 0.6) is 0 Å². The Kier molecular flexibility index (Phi) is 5.33. The van der Waals surface area contributed by atoms with Crippen molar-refractivity contribution in [3.05, 3.63) is 54.1 Å². The highest BCUT2D eigenvalue weighted by molar-refractivity contribution is 5.87. The summed E-state index contributed by atoms with van der Waals surface area (Å²) in [6, 6.07) is 14.9. The number of nitrogens with two attached hydrogens (primary N) is 1. The predicted molar refractivity (Wildman–Crippen MR) is 110 cm³/mol. The zero-order valence-electron chi connectivity index (χ0n) is 15.9. The van der Waals surface area contributed by atoms with E-state index >= 15 is 0 Å². The highest BCUT2D eigenvalue weighted by atomic mass is 16.4. The lowest BCUT2D eigenvalue weighted by Crippen LogP contribution is -2.40. The monoisotopic (exact) mass is 393 g/mol. The number of carbonyl (C=O) groups excluding carboxylic acids is 2. The van der Waals surface area contributed by atoms with Crippen molar-refractivity contribution < 1.29 is 14.0 Å². The maximum absolute atomic E-state index is 12.5. The van der Waals surface area contributed by atoms with Gasteiger partial charge in [-0.2, -0.15) is 4.98 Å². The molecule has 1 saturated heterocycles. The average Bonchev–Trinajstić information content (AvgIpc) is 3.17. The van der Waals surface area contributed by atoms with Crippen LogP contribution in [0.2, 0.25) is 0 Å². The van der Waals surface area contributed by atoms with Crippen LogP contribution in [0.15, 0.2) is 52.9 Å². The van der Waals surface area contributed by atoms with Crippen molar-refractivity contribution >= 4 is 34.7 Å². The molecule has 4 N–H and O–H groups in total. The summed E-state index contributed by atoms with van der Waals surface area (Å²) in [6.45, 7) is 1.91. The van der Waals surface area contributed by atoms with Crippen molar-refractivity contribution in [2.75, 3.05) is 23.3 Å². The first-order valence-electron chi connectivity index (χ1n) is 9.62. The largest absolute Gasteiger partial charge is 0.423 e. The maximum atomic E-state index is 12.5. The lowest BCUT2D eigenvalue weighted by Gasteiger charge is -2.30. The van der Waals surface area contributed by atoms with Gasteiger partial charge in [0.2, 0.25) is 5.91 Å². The number of primary amides is 1. The van der Waals surface area contributed by atoms with E-state index < -0.39 is 6.03 Å². The molecule has 1 aromatic heterocycles. The number of amides is 3.